The van der Waals surface area contributed by atoms with Crippen molar-refractivity contribution >= 4 is 23.5 Å². The van der Waals surface area contributed by atoms with Crippen molar-refractivity contribution in [1.82, 2.24) is 20.5 Å². The molecule has 2 amide bonds. The molecule has 22 heavy (non-hydrogen) atoms. The molecule has 3 N–H and O–H groups in total. The zero-order valence-electron chi connectivity index (χ0n) is 13.0. The molecule has 2 aromatic rings. The number of H-pyrrole nitrogens is 1. The molecule has 2 rings (SSSR count). The van der Waals surface area contributed by atoms with E-state index in [-0.39, 0.29) is 12.1 Å². The van der Waals surface area contributed by atoms with Crippen LogP contribution in [0.3, 0.4) is 0 Å². The Morgan fingerprint density at radius 1 is 1.36 bits per heavy atom. The Labute approximate surface area is 134 Å². The first kappa shape index (κ1) is 16.4. The van der Waals surface area contributed by atoms with Crippen LogP contribution in [0, 0.1) is 0 Å². The maximum absolute atomic E-state index is 12.0. The number of carbonyl (C=O) groups excluding carboxylic acids is 1. The summed E-state index contributed by atoms with van der Waals surface area (Å²) in [6.07, 6.45) is 1.42. The molecule has 7 heteroatoms. The Morgan fingerprint density at radius 2 is 2.18 bits per heavy atom. The highest BCUT2D eigenvalue weighted by molar-refractivity contribution is 7.99. The zero-order chi connectivity index (χ0) is 15.9. The summed E-state index contributed by atoms with van der Waals surface area (Å²) in [5.41, 5.74) is 1.98. The molecule has 118 valence electrons. The number of aromatic nitrogens is 3. The highest BCUT2D eigenvalue weighted by atomic mass is 32.2. The second-order valence-corrected chi connectivity index (χ2v) is 6.82. The number of nitrogens with zero attached hydrogens (tertiary/aromatic N) is 2. The normalized spacial score (nSPS) is 12.2. The molecule has 0 bridgehead atoms. The number of anilines is 1. The number of rotatable bonds is 6. The average molecular weight is 319 g/mol. The van der Waals surface area contributed by atoms with E-state index >= 15 is 0 Å². The lowest BCUT2D eigenvalue weighted by Gasteiger charge is -2.13. The first-order valence-electron chi connectivity index (χ1n) is 7.18. The van der Waals surface area contributed by atoms with Crippen molar-refractivity contribution in [2.24, 2.45) is 0 Å². The quantitative estimate of drug-likeness (QED) is 0.762. The summed E-state index contributed by atoms with van der Waals surface area (Å²) in [5, 5.41) is 12.7. The van der Waals surface area contributed by atoms with Gasteiger partial charge in [0.2, 0.25) is 0 Å². The van der Waals surface area contributed by atoms with Gasteiger partial charge < -0.3 is 10.6 Å². The van der Waals surface area contributed by atoms with Crippen molar-refractivity contribution in [2.45, 2.75) is 37.8 Å². The Hall–Kier alpha value is -2.02. The van der Waals surface area contributed by atoms with Gasteiger partial charge in [0.05, 0.1) is 6.04 Å². The summed E-state index contributed by atoms with van der Waals surface area (Å²) in [4.78, 5) is 16.0. The fourth-order valence-corrected chi connectivity index (χ4v) is 2.56. The Morgan fingerprint density at radius 3 is 2.86 bits per heavy atom. The van der Waals surface area contributed by atoms with Crippen molar-refractivity contribution < 1.29 is 4.79 Å². The van der Waals surface area contributed by atoms with E-state index in [2.05, 4.69) is 45.7 Å². The van der Waals surface area contributed by atoms with Gasteiger partial charge in [0.1, 0.15) is 12.2 Å². The van der Waals surface area contributed by atoms with E-state index in [0.717, 1.165) is 11.4 Å². The van der Waals surface area contributed by atoms with Crippen molar-refractivity contribution in [2.75, 3.05) is 5.32 Å². The standard InChI is InChI=1S/C15H21N5OS/c1-10(2)22-8-12-5-4-6-13(7-12)19-15(21)18-11(3)14-16-9-17-20-14/h4-7,9-11H,8H2,1-3H3,(H,16,17,20)(H2,18,19,21)/t11-/m0/s1. The minimum atomic E-state index is -0.266. The van der Waals surface area contributed by atoms with E-state index in [1.807, 2.05) is 36.9 Å². The lowest BCUT2D eigenvalue weighted by molar-refractivity contribution is 0.249. The smallest absolute Gasteiger partial charge is 0.319 e. The van der Waals surface area contributed by atoms with Crippen LogP contribution in [-0.2, 0) is 5.75 Å². The van der Waals surface area contributed by atoms with Gasteiger partial charge in [-0.25, -0.2) is 9.78 Å². The number of hydrogen-bond acceptors (Lipinski definition) is 4. The number of benzene rings is 1. The molecule has 0 spiro atoms. The van der Waals surface area contributed by atoms with Crippen LogP contribution in [0.4, 0.5) is 10.5 Å². The molecular formula is C15H21N5OS. The van der Waals surface area contributed by atoms with Gasteiger partial charge in [-0.15, -0.1) is 0 Å². The third-order valence-corrected chi connectivity index (χ3v) is 4.13. The van der Waals surface area contributed by atoms with E-state index in [0.29, 0.717) is 11.1 Å². The number of urea groups is 1. The van der Waals surface area contributed by atoms with Gasteiger partial charge in [-0.05, 0) is 29.9 Å². The molecule has 1 aromatic carbocycles. The van der Waals surface area contributed by atoms with Gasteiger partial charge in [-0.3, -0.25) is 5.10 Å². The van der Waals surface area contributed by atoms with Crippen LogP contribution in [0.5, 0.6) is 0 Å². The van der Waals surface area contributed by atoms with Crippen molar-refractivity contribution in [3.8, 4) is 0 Å². The summed E-state index contributed by atoms with van der Waals surface area (Å²) in [6.45, 7) is 6.19. The molecule has 1 aromatic heterocycles. The Kier molecular flexibility index (Phi) is 5.83. The number of aromatic amines is 1. The maximum atomic E-state index is 12.0. The number of hydrogen-bond donors (Lipinski definition) is 3. The van der Waals surface area contributed by atoms with Gasteiger partial charge in [-0.2, -0.15) is 16.9 Å². The van der Waals surface area contributed by atoms with Gasteiger partial charge in [0, 0.05) is 11.4 Å². The van der Waals surface area contributed by atoms with Crippen molar-refractivity contribution in [3.05, 3.63) is 42.0 Å². The van der Waals surface area contributed by atoms with Crippen LogP contribution < -0.4 is 10.6 Å². The topological polar surface area (TPSA) is 82.7 Å². The first-order chi connectivity index (χ1) is 10.5. The average Bonchev–Trinajstić information content (AvgIpc) is 2.99. The second kappa shape index (κ2) is 7.84. The summed E-state index contributed by atoms with van der Waals surface area (Å²) in [7, 11) is 0. The molecule has 0 saturated carbocycles. The van der Waals surface area contributed by atoms with E-state index in [9.17, 15) is 4.79 Å². The van der Waals surface area contributed by atoms with Crippen LogP contribution in [0.15, 0.2) is 30.6 Å². The lowest BCUT2D eigenvalue weighted by Crippen LogP contribution is -2.31. The fraction of sp³-hybridized carbons (Fsp3) is 0.400. The zero-order valence-corrected chi connectivity index (χ0v) is 13.8. The van der Waals surface area contributed by atoms with E-state index < -0.39 is 0 Å². The molecule has 0 aliphatic rings. The van der Waals surface area contributed by atoms with Gasteiger partial charge in [0.25, 0.3) is 0 Å². The van der Waals surface area contributed by atoms with Crippen LogP contribution in [-0.4, -0.2) is 26.5 Å². The molecule has 0 aliphatic carbocycles. The maximum Gasteiger partial charge on any atom is 0.319 e. The lowest BCUT2D eigenvalue weighted by atomic mass is 10.2. The minimum Gasteiger partial charge on any atom is -0.328 e. The summed E-state index contributed by atoms with van der Waals surface area (Å²) in [5.74, 6) is 1.56. The highest BCUT2D eigenvalue weighted by Crippen LogP contribution is 2.19. The second-order valence-electron chi connectivity index (χ2n) is 5.25. The molecular weight excluding hydrogens is 298 g/mol. The number of nitrogens with one attached hydrogen (secondary N) is 3. The monoisotopic (exact) mass is 319 g/mol. The van der Waals surface area contributed by atoms with Crippen LogP contribution in [0.25, 0.3) is 0 Å². The summed E-state index contributed by atoms with van der Waals surface area (Å²) < 4.78 is 0. The molecule has 0 aliphatic heterocycles. The molecule has 0 radical (unpaired) electrons. The van der Waals surface area contributed by atoms with Gasteiger partial charge >= 0.3 is 6.03 Å². The molecule has 0 unspecified atom stereocenters. The molecule has 0 fully saturated rings. The summed E-state index contributed by atoms with van der Waals surface area (Å²) >= 11 is 1.87. The molecule has 0 saturated heterocycles. The largest absolute Gasteiger partial charge is 0.328 e. The number of amides is 2. The molecule has 6 nitrogen and oxygen atoms in total. The Balaban J connectivity index is 1.89. The van der Waals surface area contributed by atoms with Crippen molar-refractivity contribution in [1.29, 1.82) is 0 Å². The summed E-state index contributed by atoms with van der Waals surface area (Å²) in [6, 6.07) is 7.39. The van der Waals surface area contributed by atoms with Gasteiger partial charge in [-0.1, -0.05) is 26.0 Å². The SMILES string of the molecule is CC(C)SCc1cccc(NC(=O)N[C@@H](C)c2ncn[nH]2)c1. The minimum absolute atomic E-state index is 0.234. The van der Waals surface area contributed by atoms with E-state index in [1.165, 1.54) is 11.9 Å². The highest BCUT2D eigenvalue weighted by Gasteiger charge is 2.11. The third-order valence-electron chi connectivity index (χ3n) is 2.96. The first-order valence-corrected chi connectivity index (χ1v) is 8.23. The van der Waals surface area contributed by atoms with E-state index in [1.54, 1.807) is 0 Å². The molecule has 1 atom stereocenters. The third kappa shape index (κ3) is 5.07. The predicted molar refractivity (Wildman–Crippen MR) is 89.8 cm³/mol. The Bertz CT molecular complexity index is 600. The van der Waals surface area contributed by atoms with Crippen LogP contribution in [0.1, 0.15) is 38.2 Å². The fourth-order valence-electron chi connectivity index (χ4n) is 1.86. The van der Waals surface area contributed by atoms with Crippen LogP contribution >= 0.6 is 11.8 Å². The van der Waals surface area contributed by atoms with Gasteiger partial charge in [0.15, 0.2) is 0 Å². The number of thioether (sulfide) groups is 1. The van der Waals surface area contributed by atoms with Crippen molar-refractivity contribution in [3.63, 3.8) is 0 Å². The van der Waals surface area contributed by atoms with Crippen LogP contribution in [0.2, 0.25) is 0 Å². The number of carbonyl (C=O) groups is 1. The van der Waals surface area contributed by atoms with E-state index in [4.69, 9.17) is 0 Å². The molecule has 1 heterocycles. The predicted octanol–water partition coefficient (Wildman–Crippen LogP) is 3.33.